The topological polar surface area (TPSA) is 159 Å². The van der Waals surface area contributed by atoms with E-state index >= 15 is 0 Å². The summed E-state index contributed by atoms with van der Waals surface area (Å²) in [5.41, 5.74) is 4.03. The number of amides is 2. The summed E-state index contributed by atoms with van der Waals surface area (Å²) in [7, 11) is -4.37. The van der Waals surface area contributed by atoms with Crippen LogP contribution in [-0.2, 0) is 21.4 Å². The third-order valence-electron chi connectivity index (χ3n) is 3.35. The average molecular weight is 435 g/mol. The van der Waals surface area contributed by atoms with Gasteiger partial charge in [0.05, 0.1) is 17.0 Å². The Kier molecular flexibility index (Phi) is 7.19. The van der Waals surface area contributed by atoms with Crippen molar-refractivity contribution in [3.8, 4) is 0 Å². The number of pyridine rings is 1. The number of nitrogens with one attached hydrogen (secondary N) is 2. The Hall–Kier alpha value is -3.38. The van der Waals surface area contributed by atoms with Gasteiger partial charge < -0.3 is 4.74 Å². The predicted molar refractivity (Wildman–Crippen MR) is 106 cm³/mol. The van der Waals surface area contributed by atoms with Gasteiger partial charge in [0, 0.05) is 6.20 Å². The molecule has 0 radical (unpaired) electrons. The third kappa shape index (κ3) is 7.22. The van der Waals surface area contributed by atoms with Crippen LogP contribution in [0.4, 0.5) is 10.6 Å². The zero-order chi connectivity index (χ0) is 22.4. The van der Waals surface area contributed by atoms with E-state index in [1.807, 2.05) is 0 Å². The number of hydrogen-bond donors (Lipinski definition) is 3. The molecule has 2 amide bonds. The van der Waals surface area contributed by atoms with Gasteiger partial charge in [-0.15, -0.1) is 5.11 Å². The van der Waals surface area contributed by atoms with Crippen molar-refractivity contribution in [2.45, 2.75) is 37.8 Å². The van der Waals surface area contributed by atoms with E-state index in [2.05, 4.69) is 26.1 Å². The quantitative estimate of drug-likeness (QED) is 0.370. The van der Waals surface area contributed by atoms with Crippen molar-refractivity contribution in [3.05, 3.63) is 53.7 Å². The van der Waals surface area contributed by atoms with Gasteiger partial charge in [0.15, 0.2) is 5.82 Å². The monoisotopic (exact) mass is 435 g/mol. The summed E-state index contributed by atoms with van der Waals surface area (Å²) in [6.45, 7) is 4.96. The van der Waals surface area contributed by atoms with E-state index in [4.69, 9.17) is 4.74 Å². The van der Waals surface area contributed by atoms with Crippen LogP contribution in [0.1, 0.15) is 36.7 Å². The summed E-state index contributed by atoms with van der Waals surface area (Å²) in [6, 6.07) is 8.68. The second kappa shape index (κ2) is 9.41. The highest BCUT2D eigenvalue weighted by molar-refractivity contribution is 7.85. The molecular weight excluding hydrogens is 414 g/mol. The molecular formula is C18H21N5O6S. The van der Waals surface area contributed by atoms with Gasteiger partial charge >= 0.3 is 6.09 Å². The van der Waals surface area contributed by atoms with E-state index in [0.717, 1.165) is 0 Å². The van der Waals surface area contributed by atoms with E-state index in [-0.39, 0.29) is 28.4 Å². The molecule has 1 aromatic carbocycles. The van der Waals surface area contributed by atoms with E-state index < -0.39 is 27.7 Å². The average Bonchev–Trinajstić information content (AvgIpc) is 2.65. The molecule has 0 fully saturated rings. The molecule has 0 saturated carbocycles. The summed E-state index contributed by atoms with van der Waals surface area (Å²) >= 11 is 0. The molecule has 3 N–H and O–H groups in total. The van der Waals surface area contributed by atoms with Crippen molar-refractivity contribution < 1.29 is 27.3 Å². The molecule has 11 nitrogen and oxygen atoms in total. The predicted octanol–water partition coefficient (Wildman–Crippen LogP) is 2.78. The van der Waals surface area contributed by atoms with Crippen LogP contribution in [0.25, 0.3) is 0 Å². The van der Waals surface area contributed by atoms with Crippen LogP contribution in [-0.4, -0.2) is 35.6 Å². The highest BCUT2D eigenvalue weighted by atomic mass is 32.2. The minimum absolute atomic E-state index is 0.0975. The molecule has 12 heteroatoms. The fourth-order valence-electron chi connectivity index (χ4n) is 2.13. The van der Waals surface area contributed by atoms with Gasteiger partial charge in [0.2, 0.25) is 0 Å². The van der Waals surface area contributed by atoms with Gasteiger partial charge in [-0.3, -0.25) is 14.8 Å². The normalized spacial score (nSPS) is 11.9. The lowest BCUT2D eigenvalue weighted by molar-refractivity contribution is 0.0483. The molecule has 2 aromatic rings. The maximum atomic E-state index is 12.0. The first-order valence-corrected chi connectivity index (χ1v) is 10.1. The Balaban J connectivity index is 1.95. The largest absolute Gasteiger partial charge is 0.443 e. The Morgan fingerprint density at radius 1 is 1.13 bits per heavy atom. The lowest BCUT2D eigenvalue weighted by Gasteiger charge is -2.19. The molecule has 1 heterocycles. The van der Waals surface area contributed by atoms with Crippen LogP contribution >= 0.6 is 0 Å². The molecule has 0 aliphatic carbocycles. The van der Waals surface area contributed by atoms with Crippen molar-refractivity contribution in [1.82, 2.24) is 15.8 Å². The second-order valence-corrected chi connectivity index (χ2v) is 8.36. The Morgan fingerprint density at radius 3 is 2.43 bits per heavy atom. The number of benzene rings is 1. The summed E-state index contributed by atoms with van der Waals surface area (Å²) in [6.07, 6.45) is 0.423. The van der Waals surface area contributed by atoms with Crippen LogP contribution in [0.2, 0.25) is 0 Å². The summed E-state index contributed by atoms with van der Waals surface area (Å²) < 4.78 is 36.9. The van der Waals surface area contributed by atoms with Gasteiger partial charge in [0.1, 0.15) is 5.60 Å². The first-order chi connectivity index (χ1) is 14.0. The van der Waals surface area contributed by atoms with Crippen molar-refractivity contribution >= 4 is 27.9 Å². The molecule has 0 aliphatic heterocycles. The number of hydrazine groups is 1. The zero-order valence-corrected chi connectivity index (χ0v) is 17.3. The number of ether oxygens (including phenoxy) is 1. The van der Waals surface area contributed by atoms with Crippen molar-refractivity contribution in [3.63, 3.8) is 0 Å². The zero-order valence-electron chi connectivity index (χ0n) is 16.5. The number of rotatable bonds is 5. The minimum atomic E-state index is -4.37. The highest BCUT2D eigenvalue weighted by Crippen LogP contribution is 2.17. The maximum absolute atomic E-state index is 12.0. The minimum Gasteiger partial charge on any atom is -0.443 e. The van der Waals surface area contributed by atoms with Gasteiger partial charge in [-0.25, -0.2) is 15.2 Å². The smallest absolute Gasteiger partial charge is 0.426 e. The molecule has 2 rings (SSSR count). The fourth-order valence-corrected chi connectivity index (χ4v) is 2.85. The number of carbonyl (C=O) groups excluding carboxylic acids is 2. The highest BCUT2D eigenvalue weighted by Gasteiger charge is 2.17. The lowest BCUT2D eigenvalue weighted by Crippen LogP contribution is -2.44. The molecule has 0 aliphatic rings. The van der Waals surface area contributed by atoms with E-state index in [9.17, 15) is 22.6 Å². The molecule has 0 unspecified atom stereocenters. The number of hydrogen-bond acceptors (Lipinski definition) is 8. The fraction of sp³-hybridized carbons (Fsp3) is 0.278. The molecule has 0 bridgehead atoms. The Labute approximate surface area is 173 Å². The van der Waals surface area contributed by atoms with Crippen molar-refractivity contribution in [2.24, 2.45) is 10.2 Å². The summed E-state index contributed by atoms with van der Waals surface area (Å²) in [5, 5.41) is 7.72. The molecule has 160 valence electrons. The Bertz CT molecular complexity index is 1050. The van der Waals surface area contributed by atoms with E-state index in [0.29, 0.717) is 0 Å². The van der Waals surface area contributed by atoms with Gasteiger partial charge in [-0.2, -0.15) is 13.5 Å². The number of azo groups is 1. The summed E-state index contributed by atoms with van der Waals surface area (Å²) in [4.78, 5) is 27.2. The third-order valence-corrected chi connectivity index (χ3v) is 4.31. The molecule has 30 heavy (non-hydrogen) atoms. The summed E-state index contributed by atoms with van der Waals surface area (Å²) in [5.74, 6) is -0.435. The van der Waals surface area contributed by atoms with E-state index in [1.54, 1.807) is 26.8 Å². The molecule has 0 saturated heterocycles. The number of carbonyl (C=O) groups is 2. The maximum Gasteiger partial charge on any atom is 0.426 e. The lowest BCUT2D eigenvalue weighted by atomic mass is 10.2. The first kappa shape index (κ1) is 22.9. The molecule has 0 spiro atoms. The van der Waals surface area contributed by atoms with E-state index in [1.165, 1.54) is 36.5 Å². The van der Waals surface area contributed by atoms with Crippen LogP contribution in [0.3, 0.4) is 0 Å². The standard InChI is InChI=1S/C18H21N5O6S/c1-18(2,3)29-17(25)23-22-16(24)13-8-9-15(19-10-13)21-20-11-12-6-4-5-7-14(12)30(26,27)28/h4-10H,11H2,1-3H3,(H,22,24)(H,23,25)(H,26,27,28). The van der Waals surface area contributed by atoms with Crippen molar-refractivity contribution in [2.75, 3.05) is 0 Å². The van der Waals surface area contributed by atoms with Crippen LogP contribution in [0.5, 0.6) is 0 Å². The Morgan fingerprint density at radius 2 is 1.83 bits per heavy atom. The van der Waals surface area contributed by atoms with Crippen LogP contribution in [0, 0.1) is 0 Å². The van der Waals surface area contributed by atoms with Crippen molar-refractivity contribution in [1.29, 1.82) is 0 Å². The number of nitrogens with zero attached hydrogens (tertiary/aromatic N) is 3. The van der Waals surface area contributed by atoms with Gasteiger partial charge in [-0.05, 0) is 44.5 Å². The van der Waals surface area contributed by atoms with Gasteiger partial charge in [-0.1, -0.05) is 18.2 Å². The molecule has 0 atom stereocenters. The van der Waals surface area contributed by atoms with Crippen LogP contribution < -0.4 is 10.9 Å². The van der Waals surface area contributed by atoms with Crippen LogP contribution in [0.15, 0.2) is 57.7 Å². The second-order valence-electron chi connectivity index (χ2n) is 6.97. The number of aromatic nitrogens is 1. The molecule has 1 aromatic heterocycles. The first-order valence-electron chi connectivity index (χ1n) is 8.64. The SMILES string of the molecule is CC(C)(C)OC(=O)NNC(=O)c1ccc(N=NCc2ccccc2S(=O)(=O)O)nc1. The van der Waals surface area contributed by atoms with Gasteiger partial charge in [0.25, 0.3) is 16.0 Å².